The Morgan fingerprint density at radius 2 is 2.28 bits per heavy atom. The molecular weight excluding hydrogens is 256 g/mol. The fourth-order valence-corrected chi connectivity index (χ4v) is 1.77. The number of H-pyrrole nitrogens is 1. The third kappa shape index (κ3) is 1.61. The number of hydrogen-bond acceptors (Lipinski definition) is 5. The van der Waals surface area contributed by atoms with Crippen molar-refractivity contribution in [2.24, 2.45) is 5.18 Å². The molecule has 0 unspecified atom stereocenters. The van der Waals surface area contributed by atoms with Crippen molar-refractivity contribution >= 4 is 22.8 Å². The van der Waals surface area contributed by atoms with E-state index in [0.717, 1.165) is 11.1 Å². The van der Waals surface area contributed by atoms with Crippen LogP contribution in [0.2, 0.25) is 5.15 Å². The van der Waals surface area contributed by atoms with Gasteiger partial charge in [0.15, 0.2) is 16.7 Å². The van der Waals surface area contributed by atoms with E-state index in [1.807, 2.05) is 0 Å². The van der Waals surface area contributed by atoms with E-state index >= 15 is 0 Å². The minimum absolute atomic E-state index is 0.0195. The van der Waals surface area contributed by atoms with Crippen LogP contribution in [-0.4, -0.2) is 20.1 Å². The van der Waals surface area contributed by atoms with E-state index in [2.05, 4.69) is 25.2 Å². The second kappa shape index (κ2) is 4.11. The van der Waals surface area contributed by atoms with E-state index in [-0.39, 0.29) is 10.8 Å². The summed E-state index contributed by atoms with van der Waals surface area (Å²) in [7, 11) is 0. The topological polar surface area (TPSA) is 88.0 Å². The molecule has 0 atom stereocenters. The zero-order valence-electron chi connectivity index (χ0n) is 8.91. The van der Waals surface area contributed by atoms with E-state index in [0.29, 0.717) is 5.82 Å². The number of halogens is 1. The van der Waals surface area contributed by atoms with Gasteiger partial charge in [-0.05, 0) is 5.18 Å². The average molecular weight is 262 g/mol. The molecule has 3 aromatic heterocycles. The summed E-state index contributed by atoms with van der Waals surface area (Å²) in [5.41, 5.74) is 1.56. The van der Waals surface area contributed by atoms with Crippen LogP contribution >= 0.6 is 11.6 Å². The first kappa shape index (κ1) is 10.7. The maximum absolute atomic E-state index is 10.4. The van der Waals surface area contributed by atoms with Gasteiger partial charge in [0.25, 0.3) is 5.52 Å². The Morgan fingerprint density at radius 1 is 1.39 bits per heavy atom. The molecule has 8 heteroatoms. The molecular formula is C10H6ClN6O+. The zero-order valence-corrected chi connectivity index (χ0v) is 9.66. The van der Waals surface area contributed by atoms with Gasteiger partial charge < -0.3 is 0 Å². The molecule has 0 amide bonds. The molecule has 0 fully saturated rings. The number of aromatic amines is 1. The van der Waals surface area contributed by atoms with Crippen LogP contribution in [0.25, 0.3) is 16.9 Å². The average Bonchev–Trinajstić information content (AvgIpc) is 2.82. The van der Waals surface area contributed by atoms with Crippen LogP contribution in [0.4, 0.5) is 5.69 Å². The molecule has 0 aliphatic rings. The summed E-state index contributed by atoms with van der Waals surface area (Å²) in [6.45, 7) is 0. The highest BCUT2D eigenvalue weighted by molar-refractivity contribution is 6.31. The second-order valence-electron chi connectivity index (χ2n) is 3.48. The monoisotopic (exact) mass is 261 g/mol. The van der Waals surface area contributed by atoms with Crippen LogP contribution in [0.1, 0.15) is 0 Å². The summed E-state index contributed by atoms with van der Waals surface area (Å²) in [4.78, 5) is 22.5. The van der Waals surface area contributed by atoms with Crippen molar-refractivity contribution in [1.29, 1.82) is 0 Å². The molecule has 7 nitrogen and oxygen atoms in total. The van der Waals surface area contributed by atoms with Gasteiger partial charge in [-0.15, -0.1) is 4.91 Å². The second-order valence-corrected chi connectivity index (χ2v) is 3.84. The number of fused-ring (bicyclic) bond motifs is 1. The lowest BCUT2D eigenvalue weighted by Gasteiger charge is -1.96. The van der Waals surface area contributed by atoms with Gasteiger partial charge in [-0.1, -0.05) is 16.1 Å². The Balaban J connectivity index is 2.20. The summed E-state index contributed by atoms with van der Waals surface area (Å²) < 4.78 is 1.77. The Bertz CT molecular complexity index is 740. The van der Waals surface area contributed by atoms with Crippen molar-refractivity contribution in [1.82, 2.24) is 20.1 Å². The quantitative estimate of drug-likeness (QED) is 0.432. The Labute approximate surface area is 105 Å². The third-order valence-electron chi connectivity index (χ3n) is 2.45. The summed E-state index contributed by atoms with van der Waals surface area (Å²) in [5, 5.41) is 5.75. The fraction of sp³-hybridized carbons (Fsp3) is 0. The van der Waals surface area contributed by atoms with Crippen LogP contribution < -0.4 is 4.52 Å². The van der Waals surface area contributed by atoms with Crippen molar-refractivity contribution < 1.29 is 4.52 Å². The van der Waals surface area contributed by atoms with Crippen LogP contribution in [0.15, 0.2) is 36.2 Å². The van der Waals surface area contributed by atoms with Gasteiger partial charge in [-0.3, -0.25) is 4.98 Å². The largest absolute Gasteiger partial charge is 0.266 e. The summed E-state index contributed by atoms with van der Waals surface area (Å²) >= 11 is 5.82. The smallest absolute Gasteiger partial charge is 0.251 e. The van der Waals surface area contributed by atoms with Crippen molar-refractivity contribution in [3.05, 3.63) is 41.0 Å². The Morgan fingerprint density at radius 3 is 3.06 bits per heavy atom. The Kier molecular flexibility index (Phi) is 2.45. The predicted molar refractivity (Wildman–Crippen MR) is 63.2 cm³/mol. The molecule has 0 spiro atoms. The van der Waals surface area contributed by atoms with Crippen LogP contribution in [-0.2, 0) is 0 Å². The molecule has 0 saturated carbocycles. The first-order valence-corrected chi connectivity index (χ1v) is 5.36. The van der Waals surface area contributed by atoms with E-state index in [1.165, 1.54) is 6.20 Å². The van der Waals surface area contributed by atoms with Crippen molar-refractivity contribution in [2.75, 3.05) is 0 Å². The first-order chi connectivity index (χ1) is 8.79. The molecule has 3 heterocycles. The number of rotatable bonds is 2. The summed E-state index contributed by atoms with van der Waals surface area (Å²) in [6.07, 6.45) is 8.12. The van der Waals surface area contributed by atoms with E-state index in [4.69, 9.17) is 11.6 Å². The summed E-state index contributed by atoms with van der Waals surface area (Å²) in [5.74, 6) is 0.402. The molecule has 0 radical (unpaired) electrons. The van der Waals surface area contributed by atoms with Gasteiger partial charge in [0.05, 0.1) is 18.6 Å². The lowest BCUT2D eigenvalue weighted by molar-refractivity contribution is -0.577. The van der Waals surface area contributed by atoms with Crippen molar-refractivity contribution in [2.45, 2.75) is 0 Å². The fourth-order valence-electron chi connectivity index (χ4n) is 1.61. The molecule has 0 aliphatic heterocycles. The molecule has 88 valence electrons. The minimum Gasteiger partial charge on any atom is -0.251 e. The van der Waals surface area contributed by atoms with Crippen molar-refractivity contribution in [3.8, 4) is 11.4 Å². The Hall–Kier alpha value is -2.41. The minimum atomic E-state index is 0.0195. The van der Waals surface area contributed by atoms with Gasteiger partial charge in [0.1, 0.15) is 11.8 Å². The molecule has 3 aromatic rings. The summed E-state index contributed by atoms with van der Waals surface area (Å²) in [6, 6.07) is 0. The number of nitroso groups, excluding NO2 is 1. The van der Waals surface area contributed by atoms with Crippen LogP contribution in [0.5, 0.6) is 0 Å². The lowest BCUT2D eigenvalue weighted by Crippen LogP contribution is -2.21. The van der Waals surface area contributed by atoms with Crippen LogP contribution in [0, 0.1) is 4.91 Å². The van der Waals surface area contributed by atoms with Gasteiger partial charge in [-0.2, -0.15) is 5.10 Å². The first-order valence-electron chi connectivity index (χ1n) is 4.98. The number of nitrogens with zero attached hydrogens (tertiary/aromatic N) is 5. The maximum Gasteiger partial charge on any atom is 0.266 e. The highest BCUT2D eigenvalue weighted by atomic mass is 35.5. The van der Waals surface area contributed by atoms with Gasteiger partial charge in [0.2, 0.25) is 6.20 Å². The highest BCUT2D eigenvalue weighted by Gasteiger charge is 2.16. The molecule has 0 bridgehead atoms. The van der Waals surface area contributed by atoms with Gasteiger partial charge >= 0.3 is 0 Å². The molecule has 3 rings (SSSR count). The number of nitrogens with one attached hydrogen (secondary N) is 1. The van der Waals surface area contributed by atoms with Crippen molar-refractivity contribution in [3.63, 3.8) is 0 Å². The molecule has 0 aromatic carbocycles. The molecule has 1 N–H and O–H groups in total. The van der Waals surface area contributed by atoms with E-state index in [1.54, 1.807) is 29.3 Å². The molecule has 0 saturated heterocycles. The normalized spacial score (nSPS) is 10.7. The van der Waals surface area contributed by atoms with E-state index < -0.39 is 0 Å². The van der Waals surface area contributed by atoms with Gasteiger partial charge in [-0.25, -0.2) is 9.97 Å². The standard InChI is InChI=1S/C10H5ClN6O/c11-9-7(16-18)4-13-10(15-9)6-3-14-17-2-1-12-5-8(6)17/h1-5H/p+1. The SMILES string of the molecule is O=Nc1cnc(-c2c[nH][n+]3ccncc23)nc1Cl. The predicted octanol–water partition coefficient (Wildman–Crippen LogP) is 1.66. The number of hydrogen-bond donors (Lipinski definition) is 1. The zero-order chi connectivity index (χ0) is 12.5. The highest BCUT2D eigenvalue weighted by Crippen LogP contribution is 2.25. The third-order valence-corrected chi connectivity index (χ3v) is 2.72. The lowest BCUT2D eigenvalue weighted by atomic mass is 10.3. The maximum atomic E-state index is 10.4. The molecule has 18 heavy (non-hydrogen) atoms. The number of aromatic nitrogens is 5. The van der Waals surface area contributed by atoms with Gasteiger partial charge in [0, 0.05) is 0 Å². The van der Waals surface area contributed by atoms with Crippen LogP contribution in [0.3, 0.4) is 0 Å². The molecule has 0 aliphatic carbocycles. The van der Waals surface area contributed by atoms with E-state index in [9.17, 15) is 4.91 Å².